The van der Waals surface area contributed by atoms with Gasteiger partial charge >= 0.3 is 6.03 Å². The van der Waals surface area contributed by atoms with E-state index in [1.807, 2.05) is 69.3 Å². The van der Waals surface area contributed by atoms with E-state index in [0.717, 1.165) is 27.7 Å². The molecule has 7 heteroatoms. The quantitative estimate of drug-likeness (QED) is 0.563. The van der Waals surface area contributed by atoms with Crippen LogP contribution in [0.25, 0.3) is 10.9 Å². The lowest BCUT2D eigenvalue weighted by molar-refractivity contribution is -0.133. The lowest BCUT2D eigenvalue weighted by atomic mass is 9.81. The van der Waals surface area contributed by atoms with Gasteiger partial charge in [-0.05, 0) is 36.2 Å². The lowest BCUT2D eigenvalue weighted by Crippen LogP contribution is -2.53. The highest BCUT2D eigenvalue weighted by molar-refractivity contribution is 6.31. The summed E-state index contributed by atoms with van der Waals surface area (Å²) in [5.41, 5.74) is 2.98. The number of amides is 3. The van der Waals surface area contributed by atoms with Gasteiger partial charge in [0.15, 0.2) is 0 Å². The fraction of sp³-hybridized carbons (Fsp3) is 0.360. The van der Waals surface area contributed by atoms with Crippen LogP contribution < -0.4 is 5.32 Å². The van der Waals surface area contributed by atoms with E-state index in [-0.39, 0.29) is 24.0 Å². The van der Waals surface area contributed by atoms with Crippen molar-refractivity contribution in [3.05, 3.63) is 70.4 Å². The minimum absolute atomic E-state index is 0.143. The molecule has 3 aromatic rings. The molecule has 0 radical (unpaired) electrons. The minimum Gasteiger partial charge on any atom is -0.356 e. The third-order valence-corrected chi connectivity index (χ3v) is 6.87. The third-order valence-electron chi connectivity index (χ3n) is 6.63. The summed E-state index contributed by atoms with van der Waals surface area (Å²) in [6.07, 6.45) is 0.449. The Morgan fingerprint density at radius 2 is 1.94 bits per heavy atom. The second-order valence-electron chi connectivity index (χ2n) is 9.19. The first-order valence-electron chi connectivity index (χ1n) is 11.0. The van der Waals surface area contributed by atoms with E-state index in [1.54, 1.807) is 4.90 Å². The number of carbonyl (C=O) groups is 2. The monoisotopic (exact) mass is 450 g/mol. The van der Waals surface area contributed by atoms with Crippen molar-refractivity contribution < 1.29 is 9.59 Å². The summed E-state index contributed by atoms with van der Waals surface area (Å²) < 4.78 is 0. The largest absolute Gasteiger partial charge is 0.356 e. The van der Waals surface area contributed by atoms with Gasteiger partial charge in [-0.1, -0.05) is 55.8 Å². The highest BCUT2D eigenvalue weighted by atomic mass is 35.5. The molecular formula is C25H27ClN4O2. The minimum atomic E-state index is -0.958. The van der Waals surface area contributed by atoms with Crippen LogP contribution in [-0.4, -0.2) is 51.4 Å². The number of benzene rings is 2. The first-order valence-corrected chi connectivity index (χ1v) is 11.4. The molecule has 0 spiro atoms. The lowest BCUT2D eigenvalue weighted by Gasteiger charge is -2.42. The number of aromatic nitrogens is 1. The molecule has 6 nitrogen and oxygen atoms in total. The summed E-state index contributed by atoms with van der Waals surface area (Å²) in [4.78, 5) is 34.0. The topological polar surface area (TPSA) is 68.4 Å². The molecular weight excluding hydrogens is 424 g/mol. The zero-order chi connectivity index (χ0) is 22.6. The van der Waals surface area contributed by atoms with Crippen molar-refractivity contribution in [3.8, 4) is 0 Å². The molecule has 5 rings (SSSR count). The van der Waals surface area contributed by atoms with Gasteiger partial charge in [-0.25, -0.2) is 4.79 Å². The fourth-order valence-corrected chi connectivity index (χ4v) is 5.30. The smallest absolute Gasteiger partial charge is 0.328 e. The molecule has 2 aliphatic rings. The van der Waals surface area contributed by atoms with Crippen LogP contribution in [0.5, 0.6) is 0 Å². The van der Waals surface area contributed by atoms with Gasteiger partial charge in [0.1, 0.15) is 11.6 Å². The number of fused-ring (bicyclic) bond motifs is 4. The van der Waals surface area contributed by atoms with Gasteiger partial charge in [0.05, 0.1) is 0 Å². The molecule has 2 aromatic carbocycles. The maximum atomic E-state index is 13.7. The van der Waals surface area contributed by atoms with Gasteiger partial charge in [0.25, 0.3) is 5.91 Å². The molecule has 1 saturated heterocycles. The highest BCUT2D eigenvalue weighted by Crippen LogP contribution is 2.48. The fourth-order valence-electron chi connectivity index (χ4n) is 5.13. The van der Waals surface area contributed by atoms with Crippen LogP contribution in [-0.2, 0) is 11.2 Å². The van der Waals surface area contributed by atoms with E-state index in [1.165, 1.54) is 4.90 Å². The molecule has 32 heavy (non-hydrogen) atoms. The van der Waals surface area contributed by atoms with E-state index in [9.17, 15) is 9.59 Å². The Hall–Kier alpha value is -2.83. The molecule has 2 N–H and O–H groups in total. The number of urea groups is 1. The molecule has 166 valence electrons. The van der Waals surface area contributed by atoms with E-state index >= 15 is 0 Å². The number of imide groups is 1. The number of halogens is 1. The van der Waals surface area contributed by atoms with Gasteiger partial charge in [-0.15, -0.1) is 0 Å². The van der Waals surface area contributed by atoms with Crippen LogP contribution in [0.1, 0.15) is 43.6 Å². The maximum Gasteiger partial charge on any atom is 0.328 e. The molecule has 0 unspecified atom stereocenters. The number of rotatable bonds is 5. The number of nitrogens with zero attached hydrogens (tertiary/aromatic N) is 2. The summed E-state index contributed by atoms with van der Waals surface area (Å²) in [6.45, 7) is 6.91. The number of aromatic amines is 1. The van der Waals surface area contributed by atoms with E-state index in [0.29, 0.717) is 24.5 Å². The number of H-pyrrole nitrogens is 1. The van der Waals surface area contributed by atoms with E-state index in [2.05, 4.69) is 10.3 Å². The standard InChI is InChI=1S/C25H27ClN4O2/c1-15(2)27-11-12-29-23(31)25(3)14-19-18-13-17(26)9-10-20(18)28-21(19)22(30(25)24(29)32)16-7-5-4-6-8-16/h4-10,13,15,22,27-28H,11-12,14H2,1-3H3/t22-,25+/m1/s1. The van der Waals surface area contributed by atoms with Gasteiger partial charge < -0.3 is 10.3 Å². The number of hydrogen-bond acceptors (Lipinski definition) is 3. The molecule has 1 fully saturated rings. The van der Waals surface area contributed by atoms with Gasteiger partial charge in [0.2, 0.25) is 0 Å². The van der Waals surface area contributed by atoms with Crippen LogP contribution in [0, 0.1) is 0 Å². The Labute approximate surface area is 192 Å². The Balaban J connectivity index is 1.65. The van der Waals surface area contributed by atoms with E-state index in [4.69, 9.17) is 11.6 Å². The first kappa shape index (κ1) is 21.0. The zero-order valence-electron chi connectivity index (χ0n) is 18.5. The van der Waals surface area contributed by atoms with Crippen LogP contribution in [0.3, 0.4) is 0 Å². The van der Waals surface area contributed by atoms with Crippen molar-refractivity contribution in [1.82, 2.24) is 20.1 Å². The van der Waals surface area contributed by atoms with Gasteiger partial charge in [0, 0.05) is 47.2 Å². The molecule has 2 aliphatic heterocycles. The third kappa shape index (κ3) is 3.12. The summed E-state index contributed by atoms with van der Waals surface area (Å²) in [6, 6.07) is 15.3. The number of nitrogens with one attached hydrogen (secondary N) is 2. The second-order valence-corrected chi connectivity index (χ2v) is 9.63. The van der Waals surface area contributed by atoms with Crippen LogP contribution >= 0.6 is 11.6 Å². The normalized spacial score (nSPS) is 22.7. The average molecular weight is 451 g/mol. The number of carbonyl (C=O) groups excluding carboxylic acids is 2. The maximum absolute atomic E-state index is 13.7. The van der Waals surface area contributed by atoms with Crippen LogP contribution in [0.15, 0.2) is 48.5 Å². The second kappa shape index (κ2) is 7.64. The zero-order valence-corrected chi connectivity index (χ0v) is 19.2. The first-order chi connectivity index (χ1) is 15.3. The Morgan fingerprint density at radius 3 is 2.66 bits per heavy atom. The molecule has 0 saturated carbocycles. The van der Waals surface area contributed by atoms with Crippen molar-refractivity contribution in [2.45, 2.75) is 44.8 Å². The van der Waals surface area contributed by atoms with Crippen molar-refractivity contribution >= 4 is 34.4 Å². The van der Waals surface area contributed by atoms with Gasteiger partial charge in [-0.3, -0.25) is 14.6 Å². The Kier molecular flexibility index (Phi) is 5.02. The molecule has 0 bridgehead atoms. The summed E-state index contributed by atoms with van der Waals surface area (Å²) in [5, 5.41) is 4.97. The van der Waals surface area contributed by atoms with Crippen molar-refractivity contribution in [2.24, 2.45) is 0 Å². The summed E-state index contributed by atoms with van der Waals surface area (Å²) in [7, 11) is 0. The Morgan fingerprint density at radius 1 is 1.19 bits per heavy atom. The van der Waals surface area contributed by atoms with Crippen LogP contribution in [0.4, 0.5) is 4.79 Å². The SMILES string of the molecule is CC(C)NCCN1C(=O)N2[C@H](c3ccccc3)c3[nH]c4ccc(Cl)cc4c3C[C@@]2(C)C1=O. The number of hydrogen-bond donors (Lipinski definition) is 2. The van der Waals surface area contributed by atoms with Gasteiger partial charge in [-0.2, -0.15) is 0 Å². The summed E-state index contributed by atoms with van der Waals surface area (Å²) >= 11 is 6.31. The summed E-state index contributed by atoms with van der Waals surface area (Å²) in [5.74, 6) is -0.143. The molecule has 2 atom stereocenters. The molecule has 0 aliphatic carbocycles. The molecule has 3 heterocycles. The van der Waals surface area contributed by atoms with E-state index < -0.39 is 5.54 Å². The highest BCUT2D eigenvalue weighted by Gasteiger charge is 2.59. The predicted octanol–water partition coefficient (Wildman–Crippen LogP) is 4.49. The average Bonchev–Trinajstić information content (AvgIpc) is 3.20. The molecule has 3 amide bonds. The van der Waals surface area contributed by atoms with Crippen molar-refractivity contribution in [1.29, 1.82) is 0 Å². The van der Waals surface area contributed by atoms with Crippen molar-refractivity contribution in [3.63, 3.8) is 0 Å². The van der Waals surface area contributed by atoms with Crippen molar-refractivity contribution in [2.75, 3.05) is 13.1 Å². The molecule has 1 aromatic heterocycles. The Bertz CT molecular complexity index is 1210. The predicted molar refractivity (Wildman–Crippen MR) is 126 cm³/mol. The van der Waals surface area contributed by atoms with Crippen LogP contribution in [0.2, 0.25) is 5.02 Å².